The lowest BCUT2D eigenvalue weighted by molar-refractivity contribution is -0.150. The molecule has 1 aromatic rings. The van der Waals surface area contributed by atoms with E-state index < -0.39 is 5.60 Å². The van der Waals surface area contributed by atoms with Crippen molar-refractivity contribution in [1.29, 1.82) is 0 Å². The molecule has 108 valence electrons. The van der Waals surface area contributed by atoms with Crippen LogP contribution in [0.25, 0.3) is 0 Å². The van der Waals surface area contributed by atoms with Crippen LogP contribution in [-0.4, -0.2) is 21.4 Å². The second-order valence-electron chi connectivity index (χ2n) is 6.61. The molecular formula is C15H21N3O2. The fourth-order valence-electron chi connectivity index (χ4n) is 2.69. The second-order valence-corrected chi connectivity index (χ2v) is 6.61. The highest BCUT2D eigenvalue weighted by atomic mass is 16.6. The van der Waals surface area contributed by atoms with Gasteiger partial charge in [-0.2, -0.15) is 5.10 Å². The summed E-state index contributed by atoms with van der Waals surface area (Å²) < 4.78 is 7.49. The van der Waals surface area contributed by atoms with Gasteiger partial charge in [0.05, 0.1) is 17.8 Å². The smallest absolute Gasteiger partial charge is 0.338 e. The van der Waals surface area contributed by atoms with Gasteiger partial charge in [0.15, 0.2) is 0 Å². The van der Waals surface area contributed by atoms with E-state index in [1.165, 1.54) is 0 Å². The zero-order valence-electron chi connectivity index (χ0n) is 12.4. The number of aromatic nitrogens is 2. The number of anilines is 1. The monoisotopic (exact) mass is 275 g/mol. The van der Waals surface area contributed by atoms with E-state index in [9.17, 15) is 4.79 Å². The lowest BCUT2D eigenvalue weighted by Crippen LogP contribution is -2.33. The van der Waals surface area contributed by atoms with Crippen LogP contribution in [0.1, 0.15) is 46.6 Å². The Balaban J connectivity index is 1.97. The Kier molecular flexibility index (Phi) is 2.88. The summed E-state index contributed by atoms with van der Waals surface area (Å²) in [6.45, 7) is 7.61. The number of nitrogens with one attached hydrogen (secondary N) is 1. The molecule has 1 fully saturated rings. The van der Waals surface area contributed by atoms with Crippen molar-refractivity contribution in [2.75, 3.05) is 5.32 Å². The van der Waals surface area contributed by atoms with Crippen LogP contribution in [0, 0.1) is 5.92 Å². The molecule has 0 saturated heterocycles. The molecule has 2 aliphatic rings. The minimum Gasteiger partial charge on any atom is -0.456 e. The molecule has 1 unspecified atom stereocenters. The Hall–Kier alpha value is -1.78. The normalized spacial score (nSPS) is 22.3. The van der Waals surface area contributed by atoms with Crippen molar-refractivity contribution in [2.45, 2.75) is 52.2 Å². The molecule has 0 bridgehead atoms. The first-order valence-corrected chi connectivity index (χ1v) is 7.11. The van der Waals surface area contributed by atoms with Gasteiger partial charge >= 0.3 is 5.97 Å². The minimum atomic E-state index is -0.483. The van der Waals surface area contributed by atoms with Crippen LogP contribution in [0.3, 0.4) is 0 Å². The maximum absolute atomic E-state index is 12.5. The Morgan fingerprint density at radius 2 is 2.15 bits per heavy atom. The van der Waals surface area contributed by atoms with Gasteiger partial charge in [-0.25, -0.2) is 9.48 Å². The molecule has 1 N–H and O–H groups in total. The summed E-state index contributed by atoms with van der Waals surface area (Å²) in [6, 6.07) is 1.95. The predicted octanol–water partition coefficient (Wildman–Crippen LogP) is 2.88. The molecule has 2 heterocycles. The zero-order valence-corrected chi connectivity index (χ0v) is 12.4. The molecule has 0 amide bonds. The van der Waals surface area contributed by atoms with Crippen molar-refractivity contribution in [3.05, 3.63) is 23.5 Å². The first-order valence-electron chi connectivity index (χ1n) is 7.11. The molecule has 5 nitrogen and oxygen atoms in total. The van der Waals surface area contributed by atoms with E-state index in [-0.39, 0.29) is 12.0 Å². The first-order chi connectivity index (χ1) is 9.37. The third-order valence-electron chi connectivity index (χ3n) is 3.64. The van der Waals surface area contributed by atoms with Gasteiger partial charge in [-0.1, -0.05) is 0 Å². The number of hydrogen-bond donors (Lipinski definition) is 1. The van der Waals surface area contributed by atoms with E-state index in [1.807, 2.05) is 38.4 Å². The summed E-state index contributed by atoms with van der Waals surface area (Å²) in [5.41, 5.74) is 1.12. The Bertz CT molecular complexity index is 576. The van der Waals surface area contributed by atoms with Crippen LogP contribution >= 0.6 is 0 Å². The van der Waals surface area contributed by atoms with Gasteiger partial charge in [0, 0.05) is 11.8 Å². The van der Waals surface area contributed by atoms with Crippen molar-refractivity contribution in [1.82, 2.24) is 9.78 Å². The van der Waals surface area contributed by atoms with E-state index in [0.29, 0.717) is 5.92 Å². The molecule has 5 heteroatoms. The van der Waals surface area contributed by atoms with Crippen LogP contribution in [0.2, 0.25) is 0 Å². The summed E-state index contributed by atoms with van der Waals surface area (Å²) >= 11 is 0. The van der Waals surface area contributed by atoms with Gasteiger partial charge in [0.2, 0.25) is 0 Å². The highest BCUT2D eigenvalue weighted by Gasteiger charge is 2.43. The van der Waals surface area contributed by atoms with Crippen LogP contribution in [0.5, 0.6) is 0 Å². The molecule has 0 spiro atoms. The predicted molar refractivity (Wildman–Crippen MR) is 76.2 cm³/mol. The Labute approximate surface area is 119 Å². The molecule has 1 saturated carbocycles. The summed E-state index contributed by atoms with van der Waals surface area (Å²) in [5, 5.41) is 7.62. The molecule has 1 aliphatic carbocycles. The third-order valence-corrected chi connectivity index (χ3v) is 3.64. The van der Waals surface area contributed by atoms with E-state index in [0.717, 1.165) is 29.9 Å². The second kappa shape index (κ2) is 4.36. The summed E-state index contributed by atoms with van der Waals surface area (Å²) in [7, 11) is 0. The highest BCUT2D eigenvalue weighted by molar-refractivity contribution is 5.92. The van der Waals surface area contributed by atoms with Crippen molar-refractivity contribution >= 4 is 11.8 Å². The lowest BCUT2D eigenvalue weighted by Gasteiger charge is -2.30. The van der Waals surface area contributed by atoms with Gasteiger partial charge in [0.1, 0.15) is 11.4 Å². The number of hydrogen-bond acceptors (Lipinski definition) is 4. The van der Waals surface area contributed by atoms with Gasteiger partial charge in [-0.15, -0.1) is 0 Å². The number of rotatable bonds is 2. The molecule has 20 heavy (non-hydrogen) atoms. The van der Waals surface area contributed by atoms with Crippen LogP contribution in [0.15, 0.2) is 23.5 Å². The SMILES string of the molecule is CC1=C(C(=O)OC(C)(C)C)C(C2CC2)n2nccc2N1. The molecule has 0 aromatic carbocycles. The third kappa shape index (κ3) is 2.32. The molecule has 0 radical (unpaired) electrons. The highest BCUT2D eigenvalue weighted by Crippen LogP contribution is 2.47. The van der Waals surface area contributed by atoms with Crippen LogP contribution in [0.4, 0.5) is 5.82 Å². The maximum atomic E-state index is 12.5. The molecular weight excluding hydrogens is 254 g/mol. The number of ether oxygens (including phenoxy) is 1. The van der Waals surface area contributed by atoms with E-state index in [2.05, 4.69) is 10.4 Å². The number of carbonyl (C=O) groups excluding carboxylic acids is 1. The number of allylic oxidation sites excluding steroid dienone is 1. The average molecular weight is 275 g/mol. The summed E-state index contributed by atoms with van der Waals surface area (Å²) in [5.74, 6) is 1.21. The van der Waals surface area contributed by atoms with Crippen molar-refractivity contribution in [3.8, 4) is 0 Å². The van der Waals surface area contributed by atoms with Gasteiger partial charge in [0.25, 0.3) is 0 Å². The first kappa shape index (κ1) is 13.2. The fourth-order valence-corrected chi connectivity index (χ4v) is 2.69. The number of fused-ring (bicyclic) bond motifs is 1. The van der Waals surface area contributed by atoms with Crippen molar-refractivity contribution < 1.29 is 9.53 Å². The van der Waals surface area contributed by atoms with E-state index in [4.69, 9.17) is 4.74 Å². The fraction of sp³-hybridized carbons (Fsp3) is 0.600. The molecule has 1 atom stereocenters. The van der Waals surface area contributed by atoms with Gasteiger partial charge in [-0.05, 0) is 46.5 Å². The van der Waals surface area contributed by atoms with Gasteiger partial charge < -0.3 is 10.1 Å². The zero-order chi connectivity index (χ0) is 14.5. The van der Waals surface area contributed by atoms with E-state index >= 15 is 0 Å². The number of esters is 1. The van der Waals surface area contributed by atoms with E-state index in [1.54, 1.807) is 6.20 Å². The minimum absolute atomic E-state index is 0.0103. The van der Waals surface area contributed by atoms with Gasteiger partial charge in [-0.3, -0.25) is 0 Å². The Morgan fingerprint density at radius 3 is 2.75 bits per heavy atom. The topological polar surface area (TPSA) is 56.2 Å². The van der Waals surface area contributed by atoms with Crippen molar-refractivity contribution in [2.24, 2.45) is 5.92 Å². The quantitative estimate of drug-likeness (QED) is 0.843. The molecule has 3 rings (SSSR count). The molecule has 1 aromatic heterocycles. The number of carbonyl (C=O) groups is 1. The Morgan fingerprint density at radius 1 is 1.45 bits per heavy atom. The maximum Gasteiger partial charge on any atom is 0.338 e. The number of nitrogens with zero attached hydrogens (tertiary/aromatic N) is 2. The van der Waals surface area contributed by atoms with Crippen molar-refractivity contribution in [3.63, 3.8) is 0 Å². The van der Waals surface area contributed by atoms with Crippen LogP contribution in [-0.2, 0) is 9.53 Å². The standard InChI is InChI=1S/C15H21N3O2/c1-9-12(14(19)20-15(2,3)4)13(10-5-6-10)18-11(17-9)7-8-16-18/h7-8,10,13,17H,5-6H2,1-4H3. The summed E-state index contributed by atoms with van der Waals surface area (Å²) in [6.07, 6.45) is 4.05. The molecule has 1 aliphatic heterocycles. The van der Waals surface area contributed by atoms with Crippen LogP contribution < -0.4 is 5.32 Å². The largest absolute Gasteiger partial charge is 0.456 e. The average Bonchev–Trinajstić information content (AvgIpc) is 3.04. The summed E-state index contributed by atoms with van der Waals surface area (Å²) in [4.78, 5) is 12.5. The lowest BCUT2D eigenvalue weighted by atomic mass is 9.98.